The van der Waals surface area contributed by atoms with Crippen molar-refractivity contribution in [2.24, 2.45) is 56.7 Å². The monoisotopic (exact) mass is 1160 g/mol. The fraction of sp³-hybridized carbons (Fsp3) is 0.606. The maximum absolute atomic E-state index is 17.4. The van der Waals surface area contributed by atoms with Gasteiger partial charge in [-0.15, -0.1) is 0 Å². The molecule has 1 heterocycles. The zero-order valence-corrected chi connectivity index (χ0v) is 48.6. The lowest BCUT2D eigenvalue weighted by molar-refractivity contribution is -0.212. The molecule has 450 valence electrons. The number of allylic oxidation sites excluding steroid dienone is 9. The fourth-order valence-corrected chi connectivity index (χ4v) is 19.2. The maximum atomic E-state index is 17.4. The maximum Gasteiger partial charge on any atom is 0.184 e. The summed E-state index contributed by atoms with van der Waals surface area (Å²) in [5, 5.41) is 41.9. The number of ketones is 4. The van der Waals surface area contributed by atoms with E-state index in [2.05, 4.69) is 59.8 Å². The lowest BCUT2D eigenvalue weighted by atomic mass is 9.43. The number of nitrogens with zero attached hydrogens (tertiary/aromatic N) is 2. The van der Waals surface area contributed by atoms with Gasteiger partial charge in [0.2, 0.25) is 0 Å². The average Bonchev–Trinajstić information content (AvgIpc) is 1.98. The normalized spacial score (nSPS) is 39.3. The molecule has 16 atom stereocenters. The van der Waals surface area contributed by atoms with Crippen molar-refractivity contribution >= 4 is 31.2 Å². The topological polar surface area (TPSA) is 165 Å². The highest BCUT2D eigenvalue weighted by molar-refractivity contribution is 6.76. The molecule has 4 N–H and O–H groups in total. The molecule has 2 aromatic carbocycles. The number of carbonyl (C=O) groups excluding carboxylic acids is 4. The van der Waals surface area contributed by atoms with Gasteiger partial charge in [0, 0.05) is 61.4 Å². The van der Waals surface area contributed by atoms with E-state index in [0.29, 0.717) is 38.0 Å². The van der Waals surface area contributed by atoms with E-state index in [9.17, 15) is 39.6 Å². The van der Waals surface area contributed by atoms with Crippen LogP contribution in [0.4, 0.5) is 17.6 Å². The van der Waals surface area contributed by atoms with Crippen LogP contribution in [0.15, 0.2) is 120 Å². The number of hydrogen-bond donors (Lipinski definition) is 4. The zero-order valence-electron chi connectivity index (χ0n) is 47.6. The molecule has 8 aliphatic carbocycles. The van der Waals surface area contributed by atoms with Gasteiger partial charge in [0.15, 0.2) is 34.5 Å². The molecule has 0 spiro atoms. The van der Waals surface area contributed by atoms with Crippen LogP contribution in [0.25, 0.3) is 0 Å². The molecule has 0 aromatic heterocycles. The number of hydrogen-bond acceptors (Lipinski definition) is 11. The molecule has 0 amide bonds. The summed E-state index contributed by atoms with van der Waals surface area (Å²) in [5.41, 5.74) is -6.58. The van der Waals surface area contributed by atoms with Crippen molar-refractivity contribution in [1.82, 2.24) is 9.80 Å². The predicted octanol–water partition coefficient (Wildman–Crippen LogP) is 10.2. The summed E-state index contributed by atoms with van der Waals surface area (Å²) >= 11 is 0. The second kappa shape index (κ2) is 23.7. The van der Waals surface area contributed by atoms with E-state index < -0.39 is 102 Å². The van der Waals surface area contributed by atoms with Crippen molar-refractivity contribution in [3.05, 3.63) is 131 Å². The van der Waals surface area contributed by atoms with E-state index >= 15 is 17.6 Å². The number of aliphatic hydroxyl groups excluding tert-OH is 4. The first kappa shape index (κ1) is 65.0. The smallest absolute Gasteiger partial charge is 0.184 e. The van der Waals surface area contributed by atoms with Gasteiger partial charge < -0.3 is 25.2 Å². The lowest BCUT2D eigenvalue weighted by Gasteiger charge is -2.63. The van der Waals surface area contributed by atoms with Crippen LogP contribution in [-0.2, 0) is 37.0 Å². The first-order valence-electron chi connectivity index (χ1n) is 28.5. The molecule has 0 unspecified atom stereocenters. The van der Waals surface area contributed by atoms with Gasteiger partial charge in [-0.1, -0.05) is 127 Å². The number of halogens is 4. The van der Waals surface area contributed by atoms with Gasteiger partial charge in [0.1, 0.15) is 25.6 Å². The molecular formula is C66H90F4N2O9Si. The van der Waals surface area contributed by atoms with Crippen molar-refractivity contribution in [2.45, 2.75) is 150 Å². The van der Waals surface area contributed by atoms with Crippen molar-refractivity contribution in [3.8, 4) is 0 Å². The molecule has 0 bridgehead atoms. The quantitative estimate of drug-likeness (QED) is 0.0908. The first-order valence-corrected chi connectivity index (χ1v) is 32.3. The molecule has 0 radical (unpaired) electrons. The molecule has 11 nitrogen and oxygen atoms in total. The third-order valence-corrected chi connectivity index (χ3v) is 22.4. The van der Waals surface area contributed by atoms with E-state index in [1.807, 2.05) is 37.3 Å². The number of aliphatic hydroxyl groups is 4. The number of rotatable bonds is 12. The highest BCUT2D eigenvalue weighted by Gasteiger charge is 2.78. The minimum atomic E-state index is -2.16. The van der Waals surface area contributed by atoms with E-state index in [1.165, 1.54) is 42.1 Å². The third-order valence-electron chi connectivity index (χ3n) is 21.0. The SMILES string of the molecule is C.C.COCN(Cc1ccccc1)C[Si](C)(C)C.C[C@]12C=CC(=O)C=C1[C@@H](F)C[C@H]1[C@@H]3CC=C(C(=O)CO)[C@@]3(C)C[C@H](O)[C@@]12F.C[C@]12C=CC(=O)C=C1[C@@H](F)C[C@H]1[C@@H]3C[C@H]4CN(Cc5ccccc5)C[C@@]4(C(=O)CO)[C@@]3(C)C[C@H](O)[C@@]12F. The van der Waals surface area contributed by atoms with Crippen LogP contribution >= 0.6 is 0 Å². The number of alkyl halides is 4. The first-order chi connectivity index (χ1) is 37.6. The molecule has 2 aromatic rings. The van der Waals surface area contributed by atoms with Crippen molar-refractivity contribution in [2.75, 3.05) is 46.3 Å². The Morgan fingerprint density at radius 2 is 1.24 bits per heavy atom. The number of Topliss-reactive ketones (excluding diaryl/α,β-unsaturated/α-hetero) is 2. The van der Waals surface area contributed by atoms with Crippen LogP contribution < -0.4 is 0 Å². The number of fused-ring (bicyclic) bond motifs is 12. The molecular weight excluding hydrogens is 1070 g/mol. The second-order valence-electron chi connectivity index (χ2n) is 26.7. The van der Waals surface area contributed by atoms with Gasteiger partial charge in [-0.2, -0.15) is 0 Å². The van der Waals surface area contributed by atoms with Crippen LogP contribution in [0.3, 0.4) is 0 Å². The van der Waals surface area contributed by atoms with E-state index in [0.717, 1.165) is 24.9 Å². The summed E-state index contributed by atoms with van der Waals surface area (Å²) < 4.78 is 70.1. The summed E-state index contributed by atoms with van der Waals surface area (Å²) in [7, 11) is 0.701. The van der Waals surface area contributed by atoms with E-state index in [-0.39, 0.29) is 86.8 Å². The Labute approximate surface area is 484 Å². The second-order valence-corrected chi connectivity index (χ2v) is 32.2. The minimum absolute atomic E-state index is 0. The molecule has 1 saturated heterocycles. The Kier molecular flexibility index (Phi) is 18.8. The number of methoxy groups -OCH3 is 1. The summed E-state index contributed by atoms with van der Waals surface area (Å²) in [6.45, 7) is 16.2. The van der Waals surface area contributed by atoms with Crippen LogP contribution in [0.2, 0.25) is 19.6 Å². The average molecular weight is 1160 g/mol. The summed E-state index contributed by atoms with van der Waals surface area (Å²) in [5.74, 6) is -3.85. The molecule has 6 fully saturated rings. The predicted molar refractivity (Wildman–Crippen MR) is 313 cm³/mol. The Balaban J connectivity index is 0.000000189. The van der Waals surface area contributed by atoms with Gasteiger partial charge >= 0.3 is 0 Å². The number of likely N-dealkylation sites (tertiary alicyclic amines) is 1. The van der Waals surface area contributed by atoms with Crippen molar-refractivity contribution in [1.29, 1.82) is 0 Å². The van der Waals surface area contributed by atoms with Crippen LogP contribution in [-0.4, -0.2) is 144 Å². The van der Waals surface area contributed by atoms with Gasteiger partial charge in [0.25, 0.3) is 0 Å². The summed E-state index contributed by atoms with van der Waals surface area (Å²) in [4.78, 5) is 54.2. The fourth-order valence-electron chi connectivity index (χ4n) is 17.6. The Morgan fingerprint density at radius 3 is 1.74 bits per heavy atom. The van der Waals surface area contributed by atoms with Gasteiger partial charge in [0.05, 0.1) is 32.4 Å². The number of ether oxygens (including phenoxy) is 1. The molecule has 82 heavy (non-hydrogen) atoms. The standard InChI is InChI=1S/C30H35F2NO4.C21H24F2O4.C13H23NOSi.2CH4/c1-27-9-8-20(35)11-23(27)24(31)12-22-21-10-19-15-33(14-18-6-4-3-5-7-18)17-29(19,26(37)16-34)28(21,2)13-25(36)30(22,27)32;1-19-9-18(27)21(23)14(12(19)3-4-13(19)17(26)10-24)8-16(22)15-7-11(25)5-6-20(15,21)2;1-15-11-14(12-16(2,3)4)10-13-8-6-5-7-9-13;;/h3-9,11,19,21-22,24-25,34,36H,10,12-17H2,1-2H3;4-7,12,14,16,18,24,27H,3,8-10H2,1-2H3;5-9H,10-12H2,1-4H3;2*1H4/t19-,21-,22-,24-,25-,27-,28-,29+,30-;12-,14-,16-,18-,19-,20-,21-;;;/m00.../s1. The van der Waals surface area contributed by atoms with E-state index in [4.69, 9.17) is 4.74 Å². The molecule has 9 aliphatic rings. The molecule has 5 saturated carbocycles. The summed E-state index contributed by atoms with van der Waals surface area (Å²) in [6, 6.07) is 20.6. The van der Waals surface area contributed by atoms with Gasteiger partial charge in [-0.25, -0.2) is 17.6 Å². The highest BCUT2D eigenvalue weighted by Crippen LogP contribution is 2.75. The zero-order chi connectivity index (χ0) is 58.2. The Morgan fingerprint density at radius 1 is 0.732 bits per heavy atom. The molecule has 11 rings (SSSR count). The van der Waals surface area contributed by atoms with Crippen molar-refractivity contribution < 1.29 is 61.9 Å². The Bertz CT molecular complexity index is 2880. The molecule has 16 heteroatoms. The van der Waals surface area contributed by atoms with E-state index in [1.54, 1.807) is 34.0 Å². The molecule has 1 aliphatic heterocycles. The highest BCUT2D eigenvalue weighted by atomic mass is 28.3. The van der Waals surface area contributed by atoms with Crippen molar-refractivity contribution in [3.63, 3.8) is 0 Å². The summed E-state index contributed by atoms with van der Waals surface area (Å²) in [6.07, 6.45) is 5.54. The van der Waals surface area contributed by atoms with Gasteiger partial charge in [-0.3, -0.25) is 29.0 Å². The Hall–Kier alpha value is -4.52. The lowest BCUT2D eigenvalue weighted by Crippen LogP contribution is -2.69. The van der Waals surface area contributed by atoms with Crippen LogP contribution in [0, 0.1) is 56.7 Å². The van der Waals surface area contributed by atoms with Crippen LogP contribution in [0.5, 0.6) is 0 Å². The number of carbonyl (C=O) groups is 4. The van der Waals surface area contributed by atoms with Crippen LogP contribution in [0.1, 0.15) is 92.2 Å². The van der Waals surface area contributed by atoms with Gasteiger partial charge in [-0.05, 0) is 134 Å². The third kappa shape index (κ3) is 10.4. The largest absolute Gasteiger partial charge is 0.390 e. The minimum Gasteiger partial charge on any atom is -0.390 e. The number of benzene rings is 2.